The van der Waals surface area contributed by atoms with Gasteiger partial charge in [0.05, 0.1) is 12.2 Å². The van der Waals surface area contributed by atoms with E-state index in [1.807, 2.05) is 30.3 Å². The van der Waals surface area contributed by atoms with Gasteiger partial charge in [-0.3, -0.25) is 0 Å². The number of rotatable bonds is 5. The Morgan fingerprint density at radius 3 is 2.76 bits per heavy atom. The molecule has 0 aromatic heterocycles. The third-order valence-electron chi connectivity index (χ3n) is 3.50. The molecular weight excluding hydrogens is 214 g/mol. The van der Waals surface area contributed by atoms with Crippen molar-refractivity contribution in [2.24, 2.45) is 0 Å². The van der Waals surface area contributed by atoms with E-state index in [1.165, 1.54) is 0 Å². The van der Waals surface area contributed by atoms with E-state index in [0.717, 1.165) is 24.8 Å². The predicted octanol–water partition coefficient (Wildman–Crippen LogP) is 1.88. The lowest BCUT2D eigenvalue weighted by molar-refractivity contribution is 0.105. The Bertz CT molecular complexity index is 328. The van der Waals surface area contributed by atoms with Crippen LogP contribution in [0.4, 0.5) is 0 Å². The van der Waals surface area contributed by atoms with Gasteiger partial charge in [-0.15, -0.1) is 0 Å². The van der Waals surface area contributed by atoms with Crippen LogP contribution in [0, 0.1) is 0 Å². The van der Waals surface area contributed by atoms with Crippen LogP contribution in [0.15, 0.2) is 30.3 Å². The van der Waals surface area contributed by atoms with Gasteiger partial charge in [0.15, 0.2) is 0 Å². The Morgan fingerprint density at radius 2 is 2.12 bits per heavy atom. The number of aliphatic hydroxyl groups excluding tert-OH is 1. The number of nitrogens with one attached hydrogen (secondary N) is 1. The standard InChI is InChI=1S/C14H21NO2/c1-17-13-8-7-12(9-13)15-10-14(16)11-5-3-2-4-6-11/h2-6,12-16H,7-10H2,1H3. The Balaban J connectivity index is 1.75. The molecule has 3 atom stereocenters. The van der Waals surface area contributed by atoms with Crippen molar-refractivity contribution in [1.82, 2.24) is 5.32 Å². The fraction of sp³-hybridized carbons (Fsp3) is 0.571. The van der Waals surface area contributed by atoms with E-state index in [2.05, 4.69) is 5.32 Å². The summed E-state index contributed by atoms with van der Waals surface area (Å²) in [6.07, 6.45) is 3.28. The van der Waals surface area contributed by atoms with Crippen molar-refractivity contribution in [1.29, 1.82) is 0 Å². The minimum atomic E-state index is -0.419. The normalized spacial score (nSPS) is 26.0. The van der Waals surface area contributed by atoms with Crippen molar-refractivity contribution >= 4 is 0 Å². The third-order valence-corrected chi connectivity index (χ3v) is 3.50. The molecule has 0 spiro atoms. The zero-order valence-corrected chi connectivity index (χ0v) is 10.3. The second-order valence-corrected chi connectivity index (χ2v) is 4.70. The van der Waals surface area contributed by atoms with Crippen LogP contribution in [0.3, 0.4) is 0 Å². The first-order chi connectivity index (χ1) is 8.29. The molecule has 2 N–H and O–H groups in total. The summed E-state index contributed by atoms with van der Waals surface area (Å²) in [6, 6.07) is 10.3. The van der Waals surface area contributed by atoms with Crippen LogP contribution in [0.5, 0.6) is 0 Å². The second kappa shape index (κ2) is 6.15. The van der Waals surface area contributed by atoms with Crippen LogP contribution in [0.1, 0.15) is 30.9 Å². The Morgan fingerprint density at radius 1 is 1.35 bits per heavy atom. The summed E-state index contributed by atoms with van der Waals surface area (Å²) in [5, 5.41) is 13.4. The van der Waals surface area contributed by atoms with Crippen molar-refractivity contribution in [2.45, 2.75) is 37.5 Å². The highest BCUT2D eigenvalue weighted by Gasteiger charge is 2.24. The van der Waals surface area contributed by atoms with Crippen LogP contribution in [0.2, 0.25) is 0 Å². The second-order valence-electron chi connectivity index (χ2n) is 4.70. The molecule has 0 aliphatic heterocycles. The van der Waals surface area contributed by atoms with Crippen LogP contribution in [0.25, 0.3) is 0 Å². The predicted molar refractivity (Wildman–Crippen MR) is 67.8 cm³/mol. The summed E-state index contributed by atoms with van der Waals surface area (Å²) < 4.78 is 5.33. The fourth-order valence-corrected chi connectivity index (χ4v) is 2.41. The van der Waals surface area contributed by atoms with Gasteiger partial charge in [0.25, 0.3) is 0 Å². The molecule has 1 aromatic carbocycles. The van der Waals surface area contributed by atoms with Crippen LogP contribution in [-0.2, 0) is 4.74 Å². The highest BCUT2D eigenvalue weighted by Crippen LogP contribution is 2.22. The lowest BCUT2D eigenvalue weighted by Gasteiger charge is -2.16. The molecule has 2 rings (SSSR count). The number of aliphatic hydroxyl groups is 1. The third kappa shape index (κ3) is 3.53. The minimum Gasteiger partial charge on any atom is -0.387 e. The van der Waals surface area contributed by atoms with Gasteiger partial charge in [0, 0.05) is 19.7 Å². The maximum absolute atomic E-state index is 10.0. The monoisotopic (exact) mass is 235 g/mol. The first-order valence-corrected chi connectivity index (χ1v) is 6.28. The molecule has 1 aliphatic carbocycles. The number of hydrogen-bond acceptors (Lipinski definition) is 3. The first-order valence-electron chi connectivity index (χ1n) is 6.28. The molecule has 0 bridgehead atoms. The Hall–Kier alpha value is -0.900. The number of benzene rings is 1. The summed E-state index contributed by atoms with van der Waals surface area (Å²) in [5.74, 6) is 0. The highest BCUT2D eigenvalue weighted by molar-refractivity contribution is 5.17. The van der Waals surface area contributed by atoms with Crippen molar-refractivity contribution in [3.8, 4) is 0 Å². The topological polar surface area (TPSA) is 41.5 Å². The summed E-state index contributed by atoms with van der Waals surface area (Å²) >= 11 is 0. The van der Waals surface area contributed by atoms with Crippen LogP contribution >= 0.6 is 0 Å². The molecule has 94 valence electrons. The van der Waals surface area contributed by atoms with Crippen molar-refractivity contribution < 1.29 is 9.84 Å². The number of ether oxygens (including phenoxy) is 1. The van der Waals surface area contributed by atoms with Crippen LogP contribution < -0.4 is 5.32 Å². The molecule has 0 heterocycles. The molecule has 3 nitrogen and oxygen atoms in total. The number of methoxy groups -OCH3 is 1. The zero-order chi connectivity index (χ0) is 12.1. The van der Waals surface area contributed by atoms with Gasteiger partial charge in [-0.1, -0.05) is 30.3 Å². The van der Waals surface area contributed by atoms with E-state index < -0.39 is 6.10 Å². The molecule has 1 saturated carbocycles. The molecule has 0 saturated heterocycles. The summed E-state index contributed by atoms with van der Waals surface area (Å²) in [4.78, 5) is 0. The molecule has 0 radical (unpaired) electrons. The summed E-state index contributed by atoms with van der Waals surface area (Å²) in [6.45, 7) is 0.616. The molecule has 1 aliphatic rings. The van der Waals surface area contributed by atoms with Gasteiger partial charge in [0.1, 0.15) is 0 Å². The van der Waals surface area contributed by atoms with Gasteiger partial charge in [-0.05, 0) is 24.8 Å². The van der Waals surface area contributed by atoms with Crippen molar-refractivity contribution in [3.63, 3.8) is 0 Å². The number of hydrogen-bond donors (Lipinski definition) is 2. The quantitative estimate of drug-likeness (QED) is 0.818. The average Bonchev–Trinajstić information content (AvgIpc) is 2.85. The molecule has 1 fully saturated rings. The SMILES string of the molecule is COC1CCC(NCC(O)c2ccccc2)C1. The Labute approximate surface area is 103 Å². The van der Waals surface area contributed by atoms with Gasteiger partial charge in [-0.25, -0.2) is 0 Å². The van der Waals surface area contributed by atoms with Gasteiger partial charge in [0.2, 0.25) is 0 Å². The molecular formula is C14H21NO2. The lowest BCUT2D eigenvalue weighted by atomic mass is 10.1. The minimum absolute atomic E-state index is 0.390. The summed E-state index contributed by atoms with van der Waals surface area (Å²) in [7, 11) is 1.77. The van der Waals surface area contributed by atoms with Crippen molar-refractivity contribution in [3.05, 3.63) is 35.9 Å². The maximum atomic E-state index is 10.0. The maximum Gasteiger partial charge on any atom is 0.0914 e. The molecule has 1 aromatic rings. The van der Waals surface area contributed by atoms with Crippen molar-refractivity contribution in [2.75, 3.05) is 13.7 Å². The van der Waals surface area contributed by atoms with Gasteiger partial charge < -0.3 is 15.2 Å². The van der Waals surface area contributed by atoms with Gasteiger partial charge in [-0.2, -0.15) is 0 Å². The van der Waals surface area contributed by atoms with E-state index in [4.69, 9.17) is 4.74 Å². The van der Waals surface area contributed by atoms with Gasteiger partial charge >= 0.3 is 0 Å². The smallest absolute Gasteiger partial charge is 0.0914 e. The van der Waals surface area contributed by atoms with E-state index in [-0.39, 0.29) is 0 Å². The van der Waals surface area contributed by atoms with Crippen LogP contribution in [-0.4, -0.2) is 30.9 Å². The highest BCUT2D eigenvalue weighted by atomic mass is 16.5. The molecule has 3 unspecified atom stereocenters. The molecule has 0 amide bonds. The fourth-order valence-electron chi connectivity index (χ4n) is 2.41. The Kier molecular flexibility index (Phi) is 4.54. The average molecular weight is 235 g/mol. The van der Waals surface area contributed by atoms with E-state index >= 15 is 0 Å². The first kappa shape index (κ1) is 12.6. The molecule has 3 heteroatoms. The zero-order valence-electron chi connectivity index (χ0n) is 10.3. The largest absolute Gasteiger partial charge is 0.387 e. The summed E-state index contributed by atoms with van der Waals surface area (Å²) in [5.41, 5.74) is 0.973. The van der Waals surface area contributed by atoms with E-state index in [0.29, 0.717) is 18.7 Å². The lowest BCUT2D eigenvalue weighted by Crippen LogP contribution is -2.31. The molecule has 17 heavy (non-hydrogen) atoms. The van der Waals surface area contributed by atoms with E-state index in [1.54, 1.807) is 7.11 Å². The van der Waals surface area contributed by atoms with E-state index in [9.17, 15) is 5.11 Å².